The molecule has 2 N–H and O–H groups in total. The van der Waals surface area contributed by atoms with E-state index in [0.717, 1.165) is 47.9 Å². The van der Waals surface area contributed by atoms with E-state index in [1.54, 1.807) is 60.8 Å². The van der Waals surface area contributed by atoms with Gasteiger partial charge in [-0.2, -0.15) is 0 Å². The zero-order valence-corrected chi connectivity index (χ0v) is 31.2. The van der Waals surface area contributed by atoms with Crippen molar-refractivity contribution in [2.24, 2.45) is 5.92 Å². The van der Waals surface area contributed by atoms with Crippen LogP contribution in [0.4, 0.5) is 21.7 Å². The summed E-state index contributed by atoms with van der Waals surface area (Å²) in [5.41, 5.74) is 3.69. The van der Waals surface area contributed by atoms with Gasteiger partial charge in [0.15, 0.2) is 11.1 Å². The second-order valence-electron chi connectivity index (χ2n) is 12.7. The number of rotatable bonds is 14. The molecule has 0 saturated carbocycles. The van der Waals surface area contributed by atoms with Crippen LogP contribution < -0.4 is 10.0 Å². The molecule has 268 valence electrons. The third kappa shape index (κ3) is 9.43. The fourth-order valence-electron chi connectivity index (χ4n) is 5.97. The topological polar surface area (TPSA) is 126 Å². The molecular weight excluding hydrogens is 708 g/mol. The lowest BCUT2D eigenvalue weighted by atomic mass is 9.90. The van der Waals surface area contributed by atoms with Crippen molar-refractivity contribution < 1.29 is 21.2 Å². The number of piperidine rings is 1. The Morgan fingerprint density at radius 1 is 1.00 bits per heavy atom. The van der Waals surface area contributed by atoms with E-state index in [-0.39, 0.29) is 16.6 Å². The molecule has 0 bridgehead atoms. The zero-order valence-electron chi connectivity index (χ0n) is 28.7. The first-order valence-electron chi connectivity index (χ1n) is 16.8. The minimum absolute atomic E-state index is 0.156. The Bertz CT molecular complexity index is 2090. The molecule has 51 heavy (non-hydrogen) atoms. The first-order chi connectivity index (χ1) is 24.6. The quantitative estimate of drug-likeness (QED) is 0.118. The third-order valence-corrected chi connectivity index (χ3v) is 12.4. The molecule has 1 aliphatic rings. The molecular formula is C37H41FN6O4S3. The highest BCUT2D eigenvalue weighted by atomic mass is 32.2. The number of thiazole rings is 1. The van der Waals surface area contributed by atoms with Crippen molar-refractivity contribution in [2.45, 2.75) is 43.9 Å². The van der Waals surface area contributed by atoms with Gasteiger partial charge in [0.2, 0.25) is 5.95 Å². The Hall–Kier alpha value is -4.08. The van der Waals surface area contributed by atoms with Crippen LogP contribution in [0.25, 0.3) is 21.8 Å². The first kappa shape index (κ1) is 36.7. The van der Waals surface area contributed by atoms with E-state index >= 15 is 4.39 Å². The Labute approximate surface area is 305 Å². The summed E-state index contributed by atoms with van der Waals surface area (Å²) < 4.78 is 60.5. The standard InChI is InChI=1S/C37H41FN6O4S3/c1-25(2)36-42-34(28-8-7-9-30(23-28)43-51(46,47)31-10-5-4-6-11-31)35(49-36)33-14-17-39-37(41-33)40-29-13-12-27(32(38)24-29)22-26-15-18-44(19-16-26)20-21-50(45)48-3/h4-14,17,23-26,43H,15-16,18-22H2,1-3H3,(H,39,40,41). The number of hydrogen-bond acceptors (Lipinski definition) is 10. The van der Waals surface area contributed by atoms with Gasteiger partial charge in [-0.15, -0.1) is 11.3 Å². The van der Waals surface area contributed by atoms with Gasteiger partial charge >= 0.3 is 0 Å². The molecule has 3 heterocycles. The lowest BCUT2D eigenvalue weighted by Crippen LogP contribution is -2.36. The summed E-state index contributed by atoms with van der Waals surface area (Å²) in [4.78, 5) is 17.4. The van der Waals surface area contributed by atoms with Crippen LogP contribution in [-0.4, -0.2) is 65.0 Å². The van der Waals surface area contributed by atoms with Crippen LogP contribution in [0.1, 0.15) is 43.2 Å². The van der Waals surface area contributed by atoms with Crippen LogP contribution in [0.5, 0.6) is 0 Å². The molecule has 2 aromatic heterocycles. The fourth-order valence-corrected chi connectivity index (χ4v) is 8.68. The molecule has 1 fully saturated rings. The van der Waals surface area contributed by atoms with Gasteiger partial charge in [0.25, 0.3) is 10.0 Å². The summed E-state index contributed by atoms with van der Waals surface area (Å²) in [6, 6.07) is 22.3. The minimum atomic E-state index is -3.78. The second-order valence-corrected chi connectivity index (χ2v) is 16.8. The Balaban J connectivity index is 1.16. The van der Waals surface area contributed by atoms with Gasteiger partial charge < -0.3 is 10.2 Å². The maximum Gasteiger partial charge on any atom is 0.261 e. The van der Waals surface area contributed by atoms with E-state index in [4.69, 9.17) is 14.2 Å². The SMILES string of the molecule is COS(=O)CCN1CCC(Cc2ccc(Nc3nccc(-c4sc(C(C)C)nc4-c4cccc(NS(=O)(=O)c5ccccc5)c4)n3)cc2F)CC1. The number of nitrogens with one attached hydrogen (secondary N) is 2. The zero-order chi connectivity index (χ0) is 36.0. The lowest BCUT2D eigenvalue weighted by molar-refractivity contribution is 0.192. The number of sulfonamides is 1. The van der Waals surface area contributed by atoms with Crippen LogP contribution in [0, 0.1) is 11.7 Å². The van der Waals surface area contributed by atoms with E-state index < -0.39 is 21.1 Å². The smallest absolute Gasteiger partial charge is 0.261 e. The highest BCUT2D eigenvalue weighted by molar-refractivity contribution is 7.92. The third-order valence-electron chi connectivity index (χ3n) is 8.75. The summed E-state index contributed by atoms with van der Waals surface area (Å²) in [5, 5.41) is 4.07. The van der Waals surface area contributed by atoms with E-state index in [1.165, 1.54) is 24.5 Å². The minimum Gasteiger partial charge on any atom is -0.324 e. The van der Waals surface area contributed by atoms with Gasteiger partial charge in [-0.25, -0.2) is 32.0 Å². The predicted octanol–water partition coefficient (Wildman–Crippen LogP) is 7.64. The number of benzene rings is 3. The average Bonchev–Trinajstić information content (AvgIpc) is 3.59. The maximum absolute atomic E-state index is 15.3. The van der Waals surface area contributed by atoms with Crippen molar-refractivity contribution in [1.29, 1.82) is 0 Å². The van der Waals surface area contributed by atoms with Crippen LogP contribution in [0.3, 0.4) is 0 Å². The van der Waals surface area contributed by atoms with Crippen LogP contribution >= 0.6 is 11.3 Å². The molecule has 14 heteroatoms. The lowest BCUT2D eigenvalue weighted by Gasteiger charge is -2.31. The predicted molar refractivity (Wildman–Crippen MR) is 202 cm³/mol. The molecule has 1 saturated heterocycles. The van der Waals surface area contributed by atoms with Gasteiger partial charge in [-0.05, 0) is 86.3 Å². The summed E-state index contributed by atoms with van der Waals surface area (Å²) in [7, 11) is -2.32. The van der Waals surface area contributed by atoms with Crippen molar-refractivity contribution in [1.82, 2.24) is 19.9 Å². The number of likely N-dealkylation sites (tertiary alicyclic amines) is 1. The summed E-state index contributed by atoms with van der Waals surface area (Å²) in [6.45, 7) is 6.68. The maximum atomic E-state index is 15.3. The normalized spacial score (nSPS) is 14.8. The number of hydrogen-bond donors (Lipinski definition) is 2. The van der Waals surface area contributed by atoms with Crippen LogP contribution in [-0.2, 0) is 31.7 Å². The summed E-state index contributed by atoms with van der Waals surface area (Å²) >= 11 is 0.275. The Morgan fingerprint density at radius 2 is 1.78 bits per heavy atom. The van der Waals surface area contributed by atoms with E-state index in [9.17, 15) is 12.6 Å². The summed E-state index contributed by atoms with van der Waals surface area (Å²) in [6.07, 6.45) is 4.24. The Morgan fingerprint density at radius 3 is 2.51 bits per heavy atom. The molecule has 0 amide bonds. The van der Waals surface area contributed by atoms with Crippen LogP contribution in [0.2, 0.25) is 0 Å². The Kier molecular flexibility index (Phi) is 11.9. The second kappa shape index (κ2) is 16.5. The molecule has 1 atom stereocenters. The molecule has 0 aliphatic carbocycles. The van der Waals surface area contributed by atoms with Gasteiger partial charge in [-0.1, -0.05) is 50.2 Å². The number of nitrogens with zero attached hydrogens (tertiary/aromatic N) is 4. The summed E-state index contributed by atoms with van der Waals surface area (Å²) in [5.74, 6) is 1.08. The van der Waals surface area contributed by atoms with Gasteiger partial charge in [0.05, 0.1) is 39.0 Å². The number of halogens is 1. The van der Waals surface area contributed by atoms with Crippen molar-refractivity contribution in [3.05, 3.63) is 101 Å². The largest absolute Gasteiger partial charge is 0.324 e. The molecule has 3 aromatic carbocycles. The molecule has 1 aliphatic heterocycles. The van der Waals surface area contributed by atoms with Crippen molar-refractivity contribution in [2.75, 3.05) is 42.5 Å². The van der Waals surface area contributed by atoms with E-state index in [1.807, 2.05) is 18.2 Å². The van der Waals surface area contributed by atoms with Crippen molar-refractivity contribution in [3.8, 4) is 21.8 Å². The highest BCUT2D eigenvalue weighted by Crippen LogP contribution is 2.39. The van der Waals surface area contributed by atoms with Gasteiger partial charge in [-0.3, -0.25) is 8.91 Å². The van der Waals surface area contributed by atoms with Crippen molar-refractivity contribution in [3.63, 3.8) is 0 Å². The van der Waals surface area contributed by atoms with Gasteiger partial charge in [0, 0.05) is 35.6 Å². The highest BCUT2D eigenvalue weighted by Gasteiger charge is 2.22. The molecule has 5 aromatic rings. The molecule has 6 rings (SSSR count). The molecule has 0 radical (unpaired) electrons. The number of aromatic nitrogens is 3. The van der Waals surface area contributed by atoms with Crippen molar-refractivity contribution >= 4 is 49.8 Å². The molecule has 1 unspecified atom stereocenters. The monoisotopic (exact) mass is 748 g/mol. The number of anilines is 3. The molecule has 0 spiro atoms. The van der Waals surface area contributed by atoms with E-state index in [2.05, 4.69) is 33.8 Å². The molecule has 10 nitrogen and oxygen atoms in total. The fraction of sp³-hybridized carbons (Fsp3) is 0.324. The van der Waals surface area contributed by atoms with Crippen LogP contribution in [0.15, 0.2) is 90.0 Å². The average molecular weight is 749 g/mol. The van der Waals surface area contributed by atoms with E-state index in [0.29, 0.717) is 52.4 Å². The first-order valence-corrected chi connectivity index (χ1v) is 20.4. The van der Waals surface area contributed by atoms with Gasteiger partial charge in [0.1, 0.15) is 5.82 Å².